The second-order valence-electron chi connectivity index (χ2n) is 10.1. The number of para-hydroxylation sites is 1. The average Bonchev–Trinajstić information content (AvgIpc) is 3.43. The molecule has 0 radical (unpaired) electrons. The number of Topliss-reactive ketones (excluding diaryl/α,β-unsaturated/α-hetero) is 1. The maximum Gasteiger partial charge on any atom is 0.198 e. The van der Waals surface area contributed by atoms with Crippen LogP contribution in [0.3, 0.4) is 0 Å². The Morgan fingerprint density at radius 2 is 1.60 bits per heavy atom. The summed E-state index contributed by atoms with van der Waals surface area (Å²) in [5.41, 5.74) is 4.42. The van der Waals surface area contributed by atoms with Crippen LogP contribution in [-0.2, 0) is 16.1 Å². The number of ether oxygens (including phenoxy) is 2. The van der Waals surface area contributed by atoms with Crippen molar-refractivity contribution < 1.29 is 14.3 Å². The van der Waals surface area contributed by atoms with Gasteiger partial charge in [0.15, 0.2) is 17.8 Å². The summed E-state index contributed by atoms with van der Waals surface area (Å²) in [5.74, 6) is 0.893. The molecule has 4 aromatic carbocycles. The molecule has 4 aromatic rings. The van der Waals surface area contributed by atoms with Crippen LogP contribution in [0.2, 0.25) is 10.0 Å². The van der Waals surface area contributed by atoms with E-state index in [1.807, 2.05) is 107 Å². The van der Waals surface area contributed by atoms with Gasteiger partial charge < -0.3 is 14.4 Å². The van der Waals surface area contributed by atoms with Crippen LogP contribution in [0.1, 0.15) is 24.2 Å². The van der Waals surface area contributed by atoms with E-state index in [4.69, 9.17) is 37.8 Å². The van der Waals surface area contributed by atoms with E-state index in [2.05, 4.69) is 4.90 Å². The summed E-state index contributed by atoms with van der Waals surface area (Å²) < 4.78 is 11.5. The number of rotatable bonds is 8. The Balaban J connectivity index is 1.35. The summed E-state index contributed by atoms with van der Waals surface area (Å²) in [4.78, 5) is 17.2. The second-order valence-corrected chi connectivity index (χ2v) is 10.9. The van der Waals surface area contributed by atoms with E-state index in [-0.39, 0.29) is 5.78 Å². The van der Waals surface area contributed by atoms with Gasteiger partial charge in [0.1, 0.15) is 12.4 Å². The quantitative estimate of drug-likeness (QED) is 0.211. The van der Waals surface area contributed by atoms with Crippen molar-refractivity contribution in [1.82, 2.24) is 0 Å². The van der Waals surface area contributed by atoms with E-state index in [0.717, 1.165) is 41.3 Å². The van der Waals surface area contributed by atoms with Crippen LogP contribution in [0.4, 0.5) is 17.1 Å². The zero-order valence-electron chi connectivity index (χ0n) is 23.1. The Bertz CT molecular complexity index is 1590. The predicted octanol–water partition coefficient (Wildman–Crippen LogP) is 7.34. The van der Waals surface area contributed by atoms with Gasteiger partial charge in [-0.05, 0) is 54.1 Å². The van der Waals surface area contributed by atoms with Crippen LogP contribution >= 0.6 is 23.2 Å². The van der Waals surface area contributed by atoms with E-state index >= 15 is 0 Å². The van der Waals surface area contributed by atoms with Gasteiger partial charge in [-0.2, -0.15) is 0 Å². The van der Waals surface area contributed by atoms with Crippen LogP contribution in [0.5, 0.6) is 5.75 Å². The van der Waals surface area contributed by atoms with Gasteiger partial charge in [0.25, 0.3) is 0 Å². The molecule has 0 saturated carbocycles. The summed E-state index contributed by atoms with van der Waals surface area (Å²) in [5, 5.41) is 7.99. The Hall–Kier alpha value is -4.04. The number of amidine groups is 1. The molecule has 0 bridgehead atoms. The van der Waals surface area contributed by atoms with E-state index < -0.39 is 6.17 Å². The first kappa shape index (κ1) is 28.1. The molecule has 1 saturated heterocycles. The highest BCUT2D eigenvalue weighted by molar-refractivity contribution is 6.44. The lowest BCUT2D eigenvalue weighted by Crippen LogP contribution is -2.38. The monoisotopic (exact) mass is 600 g/mol. The van der Waals surface area contributed by atoms with Gasteiger partial charge in [0.2, 0.25) is 0 Å². The van der Waals surface area contributed by atoms with Crippen LogP contribution in [0.25, 0.3) is 0 Å². The maximum absolute atomic E-state index is 13.0. The normalized spacial score (nSPS) is 16.9. The van der Waals surface area contributed by atoms with Crippen molar-refractivity contribution in [2.24, 2.45) is 5.10 Å². The van der Waals surface area contributed by atoms with E-state index in [1.54, 1.807) is 0 Å². The molecule has 7 nitrogen and oxygen atoms in total. The molecule has 0 unspecified atom stereocenters. The molecule has 6 rings (SSSR count). The fourth-order valence-electron chi connectivity index (χ4n) is 5.22. The highest BCUT2D eigenvalue weighted by Gasteiger charge is 2.39. The van der Waals surface area contributed by atoms with Gasteiger partial charge in [-0.15, -0.1) is 5.10 Å². The number of morpholine rings is 1. The van der Waals surface area contributed by atoms with Gasteiger partial charge in [0.05, 0.1) is 29.6 Å². The molecular weight excluding hydrogens is 571 g/mol. The summed E-state index contributed by atoms with van der Waals surface area (Å²) >= 11 is 13.2. The lowest BCUT2D eigenvalue weighted by Gasteiger charge is -2.33. The van der Waals surface area contributed by atoms with Crippen molar-refractivity contribution in [2.75, 3.05) is 41.1 Å². The number of halogens is 2. The predicted molar refractivity (Wildman–Crippen MR) is 169 cm³/mol. The number of hydrogen-bond donors (Lipinski definition) is 0. The summed E-state index contributed by atoms with van der Waals surface area (Å²) in [6.07, 6.45) is -0.436. The molecule has 42 heavy (non-hydrogen) atoms. The van der Waals surface area contributed by atoms with Crippen LogP contribution in [-0.4, -0.2) is 37.9 Å². The lowest BCUT2D eigenvalue weighted by atomic mass is 10.1. The number of carbonyl (C=O) groups excluding carboxylic acids is 1. The molecular formula is C33H30Cl2N4O3. The number of nitrogens with zero attached hydrogens (tertiary/aromatic N) is 4. The maximum atomic E-state index is 13.0. The standard InChI is InChI=1S/C33H30Cl2N4O3/c1-23(40)32-36-39(26-8-3-2-4-9-26)33(24-11-14-28(15-12-24)42-22-25-7-5-6-10-29(25)34)38(32)27-13-16-31(30(35)21-27)37-17-19-41-20-18-37/h2-16,21,33H,17-20,22H2,1H3/t33-/m0/s1. The molecule has 2 heterocycles. The fraction of sp³-hybridized carbons (Fsp3) is 0.212. The minimum absolute atomic E-state index is 0.147. The molecule has 214 valence electrons. The van der Waals surface area contributed by atoms with E-state index in [9.17, 15) is 4.79 Å². The van der Waals surface area contributed by atoms with E-state index in [1.165, 1.54) is 6.92 Å². The van der Waals surface area contributed by atoms with Crippen LogP contribution < -0.4 is 19.5 Å². The van der Waals surface area contributed by atoms with Gasteiger partial charge in [-0.1, -0.05) is 71.7 Å². The van der Waals surface area contributed by atoms with Gasteiger partial charge >= 0.3 is 0 Å². The molecule has 1 fully saturated rings. The molecule has 0 aliphatic carbocycles. The number of ketones is 1. The summed E-state index contributed by atoms with van der Waals surface area (Å²) in [7, 11) is 0. The Morgan fingerprint density at radius 1 is 0.881 bits per heavy atom. The first-order valence-electron chi connectivity index (χ1n) is 13.8. The van der Waals surface area contributed by atoms with Crippen molar-refractivity contribution in [1.29, 1.82) is 0 Å². The zero-order valence-corrected chi connectivity index (χ0v) is 24.6. The smallest absolute Gasteiger partial charge is 0.198 e. The zero-order chi connectivity index (χ0) is 29.1. The highest BCUT2D eigenvalue weighted by atomic mass is 35.5. The molecule has 9 heteroatoms. The number of hydrogen-bond acceptors (Lipinski definition) is 7. The largest absolute Gasteiger partial charge is 0.489 e. The van der Waals surface area contributed by atoms with Crippen molar-refractivity contribution in [3.8, 4) is 5.75 Å². The van der Waals surface area contributed by atoms with E-state index in [0.29, 0.717) is 41.5 Å². The van der Waals surface area contributed by atoms with Gasteiger partial charge in [-0.25, -0.2) is 5.01 Å². The van der Waals surface area contributed by atoms with Crippen LogP contribution in [0.15, 0.2) is 102 Å². The fourth-order valence-corrected chi connectivity index (χ4v) is 5.71. The minimum Gasteiger partial charge on any atom is -0.489 e. The Morgan fingerprint density at radius 3 is 2.29 bits per heavy atom. The lowest BCUT2D eigenvalue weighted by molar-refractivity contribution is -0.111. The Labute approximate surface area is 255 Å². The molecule has 0 spiro atoms. The number of anilines is 3. The van der Waals surface area contributed by atoms with Crippen molar-refractivity contribution in [2.45, 2.75) is 19.7 Å². The van der Waals surface area contributed by atoms with Crippen molar-refractivity contribution in [3.63, 3.8) is 0 Å². The van der Waals surface area contributed by atoms with Crippen LogP contribution in [0, 0.1) is 0 Å². The van der Waals surface area contributed by atoms with Crippen molar-refractivity contribution in [3.05, 3.63) is 118 Å². The molecule has 0 N–H and O–H groups in total. The summed E-state index contributed by atoms with van der Waals surface area (Å²) in [6, 6.07) is 31.2. The first-order valence-corrected chi connectivity index (χ1v) is 14.6. The molecule has 2 aliphatic heterocycles. The SMILES string of the molecule is CC(=O)C1=NN(c2ccccc2)[C@@H](c2ccc(OCc3ccccc3Cl)cc2)N1c1ccc(N2CCOCC2)c(Cl)c1. The minimum atomic E-state index is -0.436. The third-order valence-corrected chi connectivity index (χ3v) is 8.01. The molecule has 0 amide bonds. The summed E-state index contributed by atoms with van der Waals surface area (Å²) in [6.45, 7) is 4.77. The second kappa shape index (κ2) is 12.4. The third-order valence-electron chi connectivity index (χ3n) is 7.33. The van der Waals surface area contributed by atoms with Gasteiger partial charge in [-0.3, -0.25) is 9.69 Å². The van der Waals surface area contributed by atoms with Gasteiger partial charge in [0, 0.05) is 36.3 Å². The van der Waals surface area contributed by atoms with Crippen molar-refractivity contribution >= 4 is 51.9 Å². The number of hydrazone groups is 1. The highest BCUT2D eigenvalue weighted by Crippen LogP contribution is 2.41. The Kier molecular flexibility index (Phi) is 8.33. The first-order chi connectivity index (χ1) is 20.5. The molecule has 1 atom stereocenters. The third kappa shape index (κ3) is 5.81. The topological polar surface area (TPSA) is 57.6 Å². The average molecular weight is 602 g/mol. The number of benzene rings is 4. The molecule has 2 aliphatic rings. The molecule has 0 aromatic heterocycles. The number of carbonyl (C=O) groups is 1.